The largest absolute Gasteiger partial charge is 0.393 e. The fourth-order valence-corrected chi connectivity index (χ4v) is 3.71. The summed E-state index contributed by atoms with van der Waals surface area (Å²) in [7, 11) is 3.18. The Labute approximate surface area is 143 Å². The minimum Gasteiger partial charge on any atom is -0.338 e. The maximum Gasteiger partial charge on any atom is 0.393 e. The van der Waals surface area contributed by atoms with Gasteiger partial charge in [0.2, 0.25) is 0 Å². The maximum atomic E-state index is 13.4. The molecule has 3 rings (SSSR count). The molecule has 8 heteroatoms. The van der Waals surface area contributed by atoms with Crippen molar-refractivity contribution in [1.82, 2.24) is 19.7 Å². The lowest BCUT2D eigenvalue weighted by Crippen LogP contribution is -2.48. The van der Waals surface area contributed by atoms with Gasteiger partial charge in [-0.25, -0.2) is 4.98 Å². The molecule has 1 amide bonds. The molecule has 1 aliphatic rings. The van der Waals surface area contributed by atoms with E-state index in [9.17, 15) is 18.0 Å². The zero-order valence-corrected chi connectivity index (χ0v) is 14.5. The summed E-state index contributed by atoms with van der Waals surface area (Å²) in [6.07, 6.45) is -1.07. The highest BCUT2D eigenvalue weighted by molar-refractivity contribution is 6.05. The predicted octanol–water partition coefficient (Wildman–Crippen LogP) is 3.47. The van der Waals surface area contributed by atoms with Crippen LogP contribution in [0.25, 0.3) is 11.0 Å². The van der Waals surface area contributed by atoms with Gasteiger partial charge in [-0.2, -0.15) is 18.3 Å². The van der Waals surface area contributed by atoms with Crippen molar-refractivity contribution < 1.29 is 18.0 Å². The summed E-state index contributed by atoms with van der Waals surface area (Å²) in [5, 5.41) is 4.67. The summed E-state index contributed by atoms with van der Waals surface area (Å²) >= 11 is 0. The van der Waals surface area contributed by atoms with Crippen molar-refractivity contribution in [3.63, 3.8) is 0 Å². The number of aromatic nitrogens is 3. The summed E-state index contributed by atoms with van der Waals surface area (Å²) in [6, 6.07) is 0.787. The molecule has 0 saturated heterocycles. The number of hydrogen-bond donors (Lipinski definition) is 0. The molecule has 136 valence electrons. The summed E-state index contributed by atoms with van der Waals surface area (Å²) < 4.78 is 41.7. The summed E-state index contributed by atoms with van der Waals surface area (Å²) in [5.74, 6) is -1.88. The first-order valence-corrected chi connectivity index (χ1v) is 8.33. The van der Waals surface area contributed by atoms with E-state index in [0.29, 0.717) is 41.6 Å². The SMILES string of the molecule is Cc1cc(C(=O)N(C)[C@H]2CCCC[C@H]2C(F)(F)F)c2cnn(C)c2n1. The Hall–Kier alpha value is -2.12. The van der Waals surface area contributed by atoms with Crippen molar-refractivity contribution in [1.29, 1.82) is 0 Å². The quantitative estimate of drug-likeness (QED) is 0.830. The first kappa shape index (κ1) is 17.7. The van der Waals surface area contributed by atoms with Gasteiger partial charge in [-0.05, 0) is 25.8 Å². The lowest BCUT2D eigenvalue weighted by Gasteiger charge is -2.38. The van der Waals surface area contributed by atoms with Gasteiger partial charge >= 0.3 is 6.18 Å². The van der Waals surface area contributed by atoms with Gasteiger partial charge in [0.05, 0.1) is 23.1 Å². The molecule has 0 aliphatic heterocycles. The number of fused-ring (bicyclic) bond motifs is 1. The Bertz CT molecular complexity index is 799. The van der Waals surface area contributed by atoms with Crippen molar-refractivity contribution in [2.24, 2.45) is 13.0 Å². The molecule has 0 radical (unpaired) electrons. The third-order valence-electron chi connectivity index (χ3n) is 5.03. The normalized spacial score (nSPS) is 21.5. The first-order valence-electron chi connectivity index (χ1n) is 8.33. The highest BCUT2D eigenvalue weighted by atomic mass is 19.4. The molecular formula is C17H21F3N4O. The Balaban J connectivity index is 1.97. The number of carbonyl (C=O) groups is 1. The van der Waals surface area contributed by atoms with Gasteiger partial charge < -0.3 is 4.90 Å². The smallest absolute Gasteiger partial charge is 0.338 e. The number of pyridine rings is 1. The first-order chi connectivity index (χ1) is 11.7. The van der Waals surface area contributed by atoms with Crippen LogP contribution >= 0.6 is 0 Å². The van der Waals surface area contributed by atoms with Gasteiger partial charge in [-0.3, -0.25) is 9.48 Å². The predicted molar refractivity (Wildman–Crippen MR) is 87.1 cm³/mol. The molecule has 0 bridgehead atoms. The van der Waals surface area contributed by atoms with Crippen LogP contribution in [0.15, 0.2) is 12.3 Å². The van der Waals surface area contributed by atoms with E-state index in [4.69, 9.17) is 0 Å². The van der Waals surface area contributed by atoms with Gasteiger partial charge in [0.15, 0.2) is 5.65 Å². The average molecular weight is 354 g/mol. The molecule has 1 aliphatic carbocycles. The molecule has 2 aromatic rings. The number of halogens is 3. The molecule has 0 N–H and O–H groups in total. The standard InChI is InChI=1S/C17H21F3N4O/c1-10-8-11(12-9-21-24(3)15(12)22-10)16(25)23(2)14-7-5-4-6-13(14)17(18,19)20/h8-9,13-14H,4-7H2,1-3H3/t13-,14+/m1/s1. The van der Waals surface area contributed by atoms with Crippen molar-refractivity contribution in [3.8, 4) is 0 Å². The number of alkyl halides is 3. The number of aryl methyl sites for hydroxylation is 2. The third kappa shape index (κ3) is 3.21. The number of amides is 1. The molecule has 2 atom stereocenters. The summed E-state index contributed by atoms with van der Waals surface area (Å²) in [5.41, 5.74) is 1.53. The molecule has 25 heavy (non-hydrogen) atoms. The molecule has 0 aromatic carbocycles. The van der Waals surface area contributed by atoms with Gasteiger partial charge in [-0.1, -0.05) is 12.8 Å². The highest BCUT2D eigenvalue weighted by Gasteiger charge is 2.47. The summed E-state index contributed by atoms with van der Waals surface area (Å²) in [6.45, 7) is 1.75. The molecule has 5 nitrogen and oxygen atoms in total. The van der Waals surface area contributed by atoms with Crippen LogP contribution in [0, 0.1) is 12.8 Å². The van der Waals surface area contributed by atoms with E-state index in [0.717, 1.165) is 0 Å². The number of carbonyl (C=O) groups excluding carboxylic acids is 1. The number of nitrogens with zero attached hydrogens (tertiary/aromatic N) is 4. The van der Waals surface area contributed by atoms with Gasteiger partial charge in [-0.15, -0.1) is 0 Å². The molecule has 0 spiro atoms. The van der Waals surface area contributed by atoms with Crippen molar-refractivity contribution in [2.45, 2.75) is 44.8 Å². The lowest BCUT2D eigenvalue weighted by molar-refractivity contribution is -0.195. The van der Waals surface area contributed by atoms with Crippen LogP contribution in [0.4, 0.5) is 13.2 Å². The van der Waals surface area contributed by atoms with E-state index in [2.05, 4.69) is 10.1 Å². The molecular weight excluding hydrogens is 333 g/mol. The Kier molecular flexibility index (Phi) is 4.47. The van der Waals surface area contributed by atoms with Crippen LogP contribution in [0.5, 0.6) is 0 Å². The zero-order valence-electron chi connectivity index (χ0n) is 14.5. The van der Waals surface area contributed by atoms with E-state index < -0.39 is 24.0 Å². The van der Waals surface area contributed by atoms with Crippen LogP contribution in [0.1, 0.15) is 41.7 Å². The minimum absolute atomic E-state index is 0.0729. The highest BCUT2D eigenvalue weighted by Crippen LogP contribution is 2.40. The van der Waals surface area contributed by atoms with E-state index >= 15 is 0 Å². The van der Waals surface area contributed by atoms with Gasteiger partial charge in [0, 0.05) is 25.8 Å². The molecule has 0 unspecified atom stereocenters. The molecule has 2 aromatic heterocycles. The summed E-state index contributed by atoms with van der Waals surface area (Å²) in [4.78, 5) is 18.6. The topological polar surface area (TPSA) is 51.0 Å². The van der Waals surface area contributed by atoms with Crippen LogP contribution in [0.3, 0.4) is 0 Å². The molecule has 1 fully saturated rings. The van der Waals surface area contributed by atoms with E-state index in [1.807, 2.05) is 0 Å². The van der Waals surface area contributed by atoms with Crippen molar-refractivity contribution >= 4 is 16.9 Å². The van der Waals surface area contributed by atoms with E-state index in [-0.39, 0.29) is 6.42 Å². The van der Waals surface area contributed by atoms with Crippen LogP contribution in [0.2, 0.25) is 0 Å². The number of hydrogen-bond acceptors (Lipinski definition) is 3. The number of rotatable bonds is 2. The average Bonchev–Trinajstić information content (AvgIpc) is 2.93. The fraction of sp³-hybridized carbons (Fsp3) is 0.588. The van der Waals surface area contributed by atoms with Gasteiger partial charge in [0.25, 0.3) is 5.91 Å². The second-order valence-electron chi connectivity index (χ2n) is 6.73. The Morgan fingerprint density at radius 1 is 1.32 bits per heavy atom. The minimum atomic E-state index is -4.29. The van der Waals surface area contributed by atoms with Crippen LogP contribution in [-0.2, 0) is 7.05 Å². The third-order valence-corrected chi connectivity index (χ3v) is 5.03. The molecule has 2 heterocycles. The monoisotopic (exact) mass is 354 g/mol. The molecule has 1 saturated carbocycles. The lowest BCUT2D eigenvalue weighted by atomic mass is 9.83. The van der Waals surface area contributed by atoms with Crippen molar-refractivity contribution in [3.05, 3.63) is 23.5 Å². The Morgan fingerprint density at radius 2 is 2.00 bits per heavy atom. The zero-order chi connectivity index (χ0) is 18.4. The van der Waals surface area contributed by atoms with Crippen LogP contribution < -0.4 is 0 Å². The fourth-order valence-electron chi connectivity index (χ4n) is 3.71. The maximum absolute atomic E-state index is 13.4. The Morgan fingerprint density at radius 3 is 2.68 bits per heavy atom. The second kappa shape index (κ2) is 6.31. The van der Waals surface area contributed by atoms with Gasteiger partial charge in [0.1, 0.15) is 0 Å². The van der Waals surface area contributed by atoms with Crippen molar-refractivity contribution in [2.75, 3.05) is 7.05 Å². The van der Waals surface area contributed by atoms with E-state index in [1.54, 1.807) is 24.7 Å². The second-order valence-corrected chi connectivity index (χ2v) is 6.73. The van der Waals surface area contributed by atoms with Crippen LogP contribution in [-0.4, -0.2) is 44.8 Å². The van der Waals surface area contributed by atoms with E-state index in [1.165, 1.54) is 18.1 Å².